The van der Waals surface area contributed by atoms with Crippen LogP contribution in [0, 0.1) is 12.3 Å². The fraction of sp³-hybridized carbons (Fsp3) is 0.0667. The van der Waals surface area contributed by atoms with Crippen LogP contribution >= 0.6 is 0 Å². The summed E-state index contributed by atoms with van der Waals surface area (Å²) in [6.45, 7) is 0. The van der Waals surface area contributed by atoms with Gasteiger partial charge in [0.15, 0.2) is 0 Å². The third kappa shape index (κ3) is 2.51. The van der Waals surface area contributed by atoms with E-state index in [9.17, 15) is 8.78 Å². The molecule has 0 unspecified atom stereocenters. The molecule has 0 saturated carbocycles. The predicted octanol–water partition coefficient (Wildman–Crippen LogP) is 4.27. The Morgan fingerprint density at radius 3 is 2.24 bits per heavy atom. The number of hydrogen-bond donors (Lipinski definition) is 0. The van der Waals surface area contributed by atoms with Crippen molar-refractivity contribution in [3.63, 3.8) is 0 Å². The Hall–Kier alpha value is -2.14. The molecule has 0 aliphatic rings. The number of alkyl halides is 2. The monoisotopic (exact) mass is 228 g/mol. The molecule has 0 fully saturated rings. The first-order chi connectivity index (χ1) is 8.20. The molecule has 0 amide bonds. The minimum absolute atomic E-state index is 0.0219. The molecule has 2 rings (SSSR count). The number of hydrogen-bond acceptors (Lipinski definition) is 0. The summed E-state index contributed by atoms with van der Waals surface area (Å²) < 4.78 is 25.2. The quantitative estimate of drug-likeness (QED) is 0.673. The summed E-state index contributed by atoms with van der Waals surface area (Å²) in [5.41, 5.74) is 2.36. The van der Waals surface area contributed by atoms with Crippen molar-refractivity contribution in [1.82, 2.24) is 0 Å². The van der Waals surface area contributed by atoms with Gasteiger partial charge >= 0.3 is 0 Å². The Kier molecular flexibility index (Phi) is 3.20. The van der Waals surface area contributed by atoms with E-state index in [1.807, 2.05) is 18.2 Å². The Labute approximate surface area is 98.9 Å². The third-order valence-corrected chi connectivity index (χ3v) is 2.50. The molecule has 0 nitrogen and oxygen atoms in total. The molecule has 0 heterocycles. The zero-order valence-electron chi connectivity index (χ0n) is 9.03. The number of halogens is 2. The number of terminal acetylenes is 1. The Morgan fingerprint density at radius 2 is 1.59 bits per heavy atom. The van der Waals surface area contributed by atoms with Crippen LogP contribution in [0.2, 0.25) is 0 Å². The van der Waals surface area contributed by atoms with Crippen LogP contribution in [0.3, 0.4) is 0 Å². The molecular formula is C15H10F2. The van der Waals surface area contributed by atoms with Crippen molar-refractivity contribution in [2.24, 2.45) is 0 Å². The van der Waals surface area contributed by atoms with Crippen LogP contribution in [0.5, 0.6) is 0 Å². The summed E-state index contributed by atoms with van der Waals surface area (Å²) in [5, 5.41) is 0. The number of rotatable bonds is 2. The fourth-order valence-corrected chi connectivity index (χ4v) is 1.64. The minimum atomic E-state index is -2.45. The van der Waals surface area contributed by atoms with E-state index < -0.39 is 6.43 Å². The van der Waals surface area contributed by atoms with E-state index in [1.54, 1.807) is 18.2 Å². The molecular weight excluding hydrogens is 218 g/mol. The van der Waals surface area contributed by atoms with E-state index in [0.29, 0.717) is 0 Å². The summed E-state index contributed by atoms with van der Waals surface area (Å²) in [7, 11) is 0. The minimum Gasteiger partial charge on any atom is -0.205 e. The highest BCUT2D eigenvalue weighted by molar-refractivity contribution is 5.66. The number of benzene rings is 2. The predicted molar refractivity (Wildman–Crippen MR) is 64.8 cm³/mol. The van der Waals surface area contributed by atoms with Gasteiger partial charge in [0.1, 0.15) is 0 Å². The summed E-state index contributed by atoms with van der Waals surface area (Å²) >= 11 is 0. The van der Waals surface area contributed by atoms with Gasteiger partial charge in [-0.25, -0.2) is 8.78 Å². The molecule has 0 N–H and O–H groups in total. The van der Waals surface area contributed by atoms with E-state index in [1.165, 1.54) is 12.1 Å². The molecule has 0 spiro atoms. The molecule has 84 valence electrons. The average Bonchev–Trinajstić information content (AvgIpc) is 2.39. The highest BCUT2D eigenvalue weighted by Gasteiger charge is 2.07. The molecule has 17 heavy (non-hydrogen) atoms. The van der Waals surface area contributed by atoms with Crippen molar-refractivity contribution >= 4 is 0 Å². The second-order valence-corrected chi connectivity index (χ2v) is 3.65. The van der Waals surface area contributed by atoms with E-state index >= 15 is 0 Å². The van der Waals surface area contributed by atoms with Gasteiger partial charge in [0.2, 0.25) is 0 Å². The summed E-state index contributed by atoms with van der Waals surface area (Å²) in [4.78, 5) is 0. The average molecular weight is 228 g/mol. The van der Waals surface area contributed by atoms with Crippen molar-refractivity contribution < 1.29 is 8.78 Å². The van der Waals surface area contributed by atoms with Crippen LogP contribution in [-0.4, -0.2) is 0 Å². The molecule has 0 aliphatic heterocycles. The van der Waals surface area contributed by atoms with Crippen LogP contribution in [0.4, 0.5) is 8.78 Å². The molecule has 2 aromatic carbocycles. The summed E-state index contributed by atoms with van der Waals surface area (Å²) in [6.07, 6.45) is 2.85. The lowest BCUT2D eigenvalue weighted by Crippen LogP contribution is -1.86. The van der Waals surface area contributed by atoms with Gasteiger partial charge < -0.3 is 0 Å². The van der Waals surface area contributed by atoms with Crippen LogP contribution in [0.1, 0.15) is 17.6 Å². The Bertz CT molecular complexity index is 565. The van der Waals surface area contributed by atoms with Gasteiger partial charge in [0.25, 0.3) is 6.43 Å². The van der Waals surface area contributed by atoms with Crippen molar-refractivity contribution in [3.05, 3.63) is 59.7 Å². The maximum atomic E-state index is 12.6. The van der Waals surface area contributed by atoms with Crippen molar-refractivity contribution in [3.8, 4) is 23.5 Å². The van der Waals surface area contributed by atoms with Crippen LogP contribution < -0.4 is 0 Å². The topological polar surface area (TPSA) is 0 Å². The SMILES string of the molecule is C#Cc1cccc(-c2cccc(C(F)F)c2)c1. The standard InChI is InChI=1S/C15H10F2/c1-2-11-5-3-6-12(9-11)13-7-4-8-14(10-13)15(16)17/h1,3-10,15H. The normalized spacial score (nSPS) is 10.2. The van der Waals surface area contributed by atoms with Gasteiger partial charge in [-0.05, 0) is 29.3 Å². The zero-order chi connectivity index (χ0) is 12.3. The lowest BCUT2D eigenvalue weighted by molar-refractivity contribution is 0.151. The van der Waals surface area contributed by atoms with Gasteiger partial charge in [-0.1, -0.05) is 36.3 Å². The highest BCUT2D eigenvalue weighted by atomic mass is 19.3. The fourth-order valence-electron chi connectivity index (χ4n) is 1.64. The molecule has 0 bridgehead atoms. The third-order valence-electron chi connectivity index (χ3n) is 2.50. The second-order valence-electron chi connectivity index (χ2n) is 3.65. The first kappa shape index (κ1) is 11.3. The van der Waals surface area contributed by atoms with Crippen molar-refractivity contribution in [2.45, 2.75) is 6.43 Å². The molecule has 0 saturated heterocycles. The van der Waals surface area contributed by atoms with E-state index in [0.717, 1.165) is 16.7 Å². The summed E-state index contributed by atoms with van der Waals surface area (Å²) in [6, 6.07) is 13.6. The molecule has 2 heteroatoms. The molecule has 0 radical (unpaired) electrons. The largest absolute Gasteiger partial charge is 0.263 e. The van der Waals surface area contributed by atoms with Gasteiger partial charge in [0.05, 0.1) is 0 Å². The van der Waals surface area contributed by atoms with Gasteiger partial charge in [-0.2, -0.15) is 0 Å². The Balaban J connectivity index is 2.46. The van der Waals surface area contributed by atoms with Crippen LogP contribution in [0.15, 0.2) is 48.5 Å². The first-order valence-electron chi connectivity index (χ1n) is 5.16. The van der Waals surface area contributed by atoms with Crippen molar-refractivity contribution in [2.75, 3.05) is 0 Å². The lowest BCUT2D eigenvalue weighted by atomic mass is 10.0. The Morgan fingerprint density at radius 1 is 0.941 bits per heavy atom. The lowest BCUT2D eigenvalue weighted by Gasteiger charge is -2.05. The van der Waals surface area contributed by atoms with Gasteiger partial charge in [0, 0.05) is 11.1 Å². The molecule has 2 aromatic rings. The van der Waals surface area contributed by atoms with E-state index in [-0.39, 0.29) is 5.56 Å². The molecule has 0 aromatic heterocycles. The van der Waals surface area contributed by atoms with Gasteiger partial charge in [-0.15, -0.1) is 6.42 Å². The highest BCUT2D eigenvalue weighted by Crippen LogP contribution is 2.26. The molecule has 0 aliphatic carbocycles. The zero-order valence-corrected chi connectivity index (χ0v) is 9.03. The maximum Gasteiger partial charge on any atom is 0.263 e. The second kappa shape index (κ2) is 4.80. The maximum absolute atomic E-state index is 12.6. The summed E-state index contributed by atoms with van der Waals surface area (Å²) in [5.74, 6) is 2.53. The first-order valence-corrected chi connectivity index (χ1v) is 5.16. The van der Waals surface area contributed by atoms with Crippen LogP contribution in [0.25, 0.3) is 11.1 Å². The molecule has 0 atom stereocenters. The van der Waals surface area contributed by atoms with E-state index in [4.69, 9.17) is 6.42 Å². The van der Waals surface area contributed by atoms with Gasteiger partial charge in [-0.3, -0.25) is 0 Å². The smallest absolute Gasteiger partial charge is 0.205 e. The van der Waals surface area contributed by atoms with Crippen molar-refractivity contribution in [1.29, 1.82) is 0 Å². The van der Waals surface area contributed by atoms with E-state index in [2.05, 4.69) is 5.92 Å². The van der Waals surface area contributed by atoms with Crippen LogP contribution in [-0.2, 0) is 0 Å².